The van der Waals surface area contributed by atoms with E-state index in [2.05, 4.69) is 26.7 Å². The Kier molecular flexibility index (Phi) is 3.65. The first-order valence-corrected chi connectivity index (χ1v) is 5.88. The van der Waals surface area contributed by atoms with Crippen molar-refractivity contribution in [2.24, 2.45) is 5.41 Å². The zero-order valence-electron chi connectivity index (χ0n) is 10.8. The Labute approximate surface area is 99.3 Å². The van der Waals surface area contributed by atoms with Crippen molar-refractivity contribution in [2.45, 2.75) is 52.6 Å². The summed E-state index contributed by atoms with van der Waals surface area (Å²) in [6, 6.07) is 0. The van der Waals surface area contributed by atoms with E-state index in [0.29, 0.717) is 0 Å². The first kappa shape index (κ1) is 13.1. The van der Waals surface area contributed by atoms with Gasteiger partial charge in [-0.2, -0.15) is 0 Å². The van der Waals surface area contributed by atoms with Crippen molar-refractivity contribution in [3.63, 3.8) is 0 Å². The topological polar surface area (TPSA) is 20.2 Å². The molecule has 1 N–H and O–H groups in total. The number of allylic oxidation sites excluding steroid dienone is 3. The maximum absolute atomic E-state index is 9.76. The van der Waals surface area contributed by atoms with Gasteiger partial charge in [-0.05, 0) is 50.2 Å². The van der Waals surface area contributed by atoms with Crippen molar-refractivity contribution >= 4 is 0 Å². The van der Waals surface area contributed by atoms with Crippen LogP contribution in [0, 0.1) is 17.8 Å². The quantitative estimate of drug-likeness (QED) is 0.704. The third-order valence-corrected chi connectivity index (χ3v) is 3.41. The van der Waals surface area contributed by atoms with Gasteiger partial charge in [0.25, 0.3) is 0 Å². The van der Waals surface area contributed by atoms with Crippen LogP contribution in [0.15, 0.2) is 23.3 Å². The molecule has 1 rings (SSSR count). The highest BCUT2D eigenvalue weighted by Gasteiger charge is 2.27. The molecule has 0 aromatic heterocycles. The summed E-state index contributed by atoms with van der Waals surface area (Å²) in [6.45, 7) is 8.31. The second-order valence-electron chi connectivity index (χ2n) is 5.56. The lowest BCUT2D eigenvalue weighted by Gasteiger charge is -2.33. The molecule has 16 heavy (non-hydrogen) atoms. The Bertz CT molecular complexity index is 361. The van der Waals surface area contributed by atoms with E-state index in [-0.39, 0.29) is 5.41 Å². The summed E-state index contributed by atoms with van der Waals surface area (Å²) in [7, 11) is 0. The van der Waals surface area contributed by atoms with Crippen LogP contribution in [0.2, 0.25) is 0 Å². The maximum Gasteiger partial charge on any atom is 0.141 e. The van der Waals surface area contributed by atoms with Crippen LogP contribution in [-0.4, -0.2) is 10.7 Å². The highest BCUT2D eigenvalue weighted by molar-refractivity contribution is 5.35. The average molecular weight is 218 g/mol. The molecule has 0 radical (unpaired) electrons. The third-order valence-electron chi connectivity index (χ3n) is 3.41. The summed E-state index contributed by atoms with van der Waals surface area (Å²) in [6.07, 6.45) is 12.6. The van der Waals surface area contributed by atoms with Gasteiger partial charge in [0.1, 0.15) is 5.60 Å². The Morgan fingerprint density at radius 2 is 2.12 bits per heavy atom. The predicted octanol–water partition coefficient (Wildman–Crippen LogP) is 3.45. The number of terminal acetylenes is 1. The molecule has 0 saturated carbocycles. The summed E-state index contributed by atoms with van der Waals surface area (Å²) >= 11 is 0. The summed E-state index contributed by atoms with van der Waals surface area (Å²) in [5.74, 6) is 2.37. The van der Waals surface area contributed by atoms with Crippen LogP contribution >= 0.6 is 0 Å². The molecule has 1 aliphatic rings. The molecule has 1 atom stereocenters. The van der Waals surface area contributed by atoms with Crippen molar-refractivity contribution < 1.29 is 5.11 Å². The van der Waals surface area contributed by atoms with Gasteiger partial charge in [0, 0.05) is 0 Å². The van der Waals surface area contributed by atoms with E-state index in [1.807, 2.05) is 6.08 Å². The molecule has 0 unspecified atom stereocenters. The fourth-order valence-corrected chi connectivity index (χ4v) is 2.30. The van der Waals surface area contributed by atoms with Crippen LogP contribution < -0.4 is 0 Å². The van der Waals surface area contributed by atoms with Crippen LogP contribution in [0.3, 0.4) is 0 Å². The van der Waals surface area contributed by atoms with E-state index in [0.717, 1.165) is 6.42 Å². The molecule has 0 aromatic carbocycles. The lowest BCUT2D eigenvalue weighted by Crippen LogP contribution is -2.21. The Morgan fingerprint density at radius 1 is 1.50 bits per heavy atom. The Balaban J connectivity index is 3.00. The zero-order valence-corrected chi connectivity index (χ0v) is 10.8. The van der Waals surface area contributed by atoms with Gasteiger partial charge < -0.3 is 5.11 Å². The number of hydrogen-bond donors (Lipinski definition) is 1. The van der Waals surface area contributed by atoms with Crippen molar-refractivity contribution in [3.8, 4) is 12.3 Å². The smallest absolute Gasteiger partial charge is 0.141 e. The third kappa shape index (κ3) is 3.00. The summed E-state index contributed by atoms with van der Waals surface area (Å²) in [4.78, 5) is 0. The van der Waals surface area contributed by atoms with Crippen molar-refractivity contribution in [3.05, 3.63) is 23.3 Å². The molecule has 0 spiro atoms. The van der Waals surface area contributed by atoms with Gasteiger partial charge in [0.2, 0.25) is 0 Å². The van der Waals surface area contributed by atoms with Crippen LogP contribution in [-0.2, 0) is 0 Å². The van der Waals surface area contributed by atoms with E-state index in [1.54, 1.807) is 13.0 Å². The predicted molar refractivity (Wildman–Crippen MR) is 68.9 cm³/mol. The van der Waals surface area contributed by atoms with Crippen LogP contribution in [0.4, 0.5) is 0 Å². The molecule has 0 saturated heterocycles. The number of rotatable bonds is 2. The fraction of sp³-hybridized carbons (Fsp3) is 0.600. The van der Waals surface area contributed by atoms with Gasteiger partial charge in [-0.3, -0.25) is 0 Å². The standard InChI is InChI=1S/C15H22O/c1-6-15(5,16)11-9-13-12(2)8-7-10-14(13,3)4/h1,9,11,16H,7-8,10H2,2-5H3/b11-9+/t15-/m1/s1. The molecule has 0 heterocycles. The largest absolute Gasteiger partial charge is 0.374 e. The Hall–Kier alpha value is -1.00. The summed E-state index contributed by atoms with van der Waals surface area (Å²) in [5, 5.41) is 9.76. The summed E-state index contributed by atoms with van der Waals surface area (Å²) in [5.41, 5.74) is 1.80. The molecule has 0 bridgehead atoms. The van der Waals surface area contributed by atoms with Gasteiger partial charge in [-0.15, -0.1) is 6.42 Å². The van der Waals surface area contributed by atoms with Gasteiger partial charge in [0.15, 0.2) is 0 Å². The van der Waals surface area contributed by atoms with Crippen LogP contribution in [0.25, 0.3) is 0 Å². The van der Waals surface area contributed by atoms with Crippen molar-refractivity contribution in [1.29, 1.82) is 0 Å². The van der Waals surface area contributed by atoms with Gasteiger partial charge in [0.05, 0.1) is 0 Å². The van der Waals surface area contributed by atoms with E-state index < -0.39 is 5.60 Å². The summed E-state index contributed by atoms with van der Waals surface area (Å²) < 4.78 is 0. The van der Waals surface area contributed by atoms with Gasteiger partial charge in [-0.1, -0.05) is 31.4 Å². The van der Waals surface area contributed by atoms with Crippen molar-refractivity contribution in [2.75, 3.05) is 0 Å². The van der Waals surface area contributed by atoms with E-state index in [4.69, 9.17) is 6.42 Å². The molecular weight excluding hydrogens is 196 g/mol. The van der Waals surface area contributed by atoms with Crippen LogP contribution in [0.1, 0.15) is 47.0 Å². The maximum atomic E-state index is 9.76. The highest BCUT2D eigenvalue weighted by Crippen LogP contribution is 2.40. The molecule has 1 nitrogen and oxygen atoms in total. The second kappa shape index (κ2) is 4.47. The zero-order chi connectivity index (χ0) is 12.4. The number of hydrogen-bond acceptors (Lipinski definition) is 1. The van der Waals surface area contributed by atoms with Crippen molar-refractivity contribution in [1.82, 2.24) is 0 Å². The molecule has 0 aromatic rings. The van der Waals surface area contributed by atoms with Gasteiger partial charge >= 0.3 is 0 Å². The minimum Gasteiger partial charge on any atom is -0.374 e. The van der Waals surface area contributed by atoms with Gasteiger partial charge in [-0.25, -0.2) is 0 Å². The SMILES string of the molecule is C#C[C@@](C)(O)/C=C/C1=C(C)CCCC1(C)C. The van der Waals surface area contributed by atoms with E-state index in [9.17, 15) is 5.11 Å². The van der Waals surface area contributed by atoms with E-state index >= 15 is 0 Å². The molecule has 0 aliphatic heterocycles. The Morgan fingerprint density at radius 3 is 2.62 bits per heavy atom. The molecule has 0 fully saturated rings. The minimum atomic E-state index is -1.14. The average Bonchev–Trinajstić information content (AvgIpc) is 2.16. The van der Waals surface area contributed by atoms with E-state index in [1.165, 1.54) is 24.0 Å². The first-order chi connectivity index (χ1) is 7.28. The first-order valence-electron chi connectivity index (χ1n) is 5.88. The lowest BCUT2D eigenvalue weighted by molar-refractivity contribution is 0.174. The molecule has 1 heteroatoms. The monoisotopic (exact) mass is 218 g/mol. The lowest BCUT2D eigenvalue weighted by atomic mass is 9.72. The molecule has 88 valence electrons. The minimum absolute atomic E-state index is 0.198. The highest BCUT2D eigenvalue weighted by atomic mass is 16.3. The molecule has 1 aliphatic carbocycles. The normalized spacial score (nSPS) is 24.2. The molecular formula is C15H22O. The molecule has 0 amide bonds. The number of aliphatic hydroxyl groups is 1. The fourth-order valence-electron chi connectivity index (χ4n) is 2.30. The van der Waals surface area contributed by atoms with Crippen LogP contribution in [0.5, 0.6) is 0 Å². The second-order valence-corrected chi connectivity index (χ2v) is 5.56.